The van der Waals surface area contributed by atoms with Crippen LogP contribution in [0.2, 0.25) is 0 Å². The number of carbonyl (C=O) groups is 4. The van der Waals surface area contributed by atoms with Crippen LogP contribution in [0.4, 0.5) is 0 Å². The summed E-state index contributed by atoms with van der Waals surface area (Å²) in [4.78, 5) is 52.5. The molecule has 59 nitrogen and oxygen atoms in total. The van der Waals surface area contributed by atoms with Crippen molar-refractivity contribution in [2.75, 3.05) is 72.7 Å². The second-order valence-corrected chi connectivity index (χ2v) is 33.6. The number of aliphatic hydroxyl groups excluding tert-OH is 31. The average Bonchev–Trinajstić information content (AvgIpc) is 0.762. The Kier molecular flexibility index (Phi) is 40.8. The van der Waals surface area contributed by atoms with Crippen molar-refractivity contribution in [3.8, 4) is 0 Å². The fraction of sp³-hybridized carbons (Fsp3) is 0.946. The van der Waals surface area contributed by atoms with E-state index in [1.807, 2.05) is 0 Å². The molecule has 0 radical (unpaired) electrons. The highest BCUT2D eigenvalue weighted by Gasteiger charge is 2.62. The third-order valence-electron chi connectivity index (χ3n) is 24.2. The minimum Gasteiger partial charge on any atom is -0.394 e. The lowest BCUT2D eigenvalue weighted by atomic mass is 9.93. The highest BCUT2D eigenvalue weighted by molar-refractivity contribution is 5.74. The number of aliphatic hydroxyl groups is 31. The minimum absolute atomic E-state index is 0.852. The molecule has 10 aliphatic rings. The first-order valence-corrected chi connectivity index (χ1v) is 42.4. The van der Waals surface area contributed by atoms with E-state index in [1.54, 1.807) is 0 Å². The van der Waals surface area contributed by atoms with Crippen LogP contribution >= 0.6 is 0 Å². The van der Waals surface area contributed by atoms with Gasteiger partial charge in [-0.25, -0.2) is 0 Å². The fourth-order valence-electron chi connectivity index (χ4n) is 16.9. The average molecular weight is 1950 g/mol. The third-order valence-corrected chi connectivity index (χ3v) is 24.2. The normalized spacial score (nSPS) is 47.6. The van der Waals surface area contributed by atoms with Gasteiger partial charge in [-0.2, -0.15) is 0 Å². The number of ether oxygens (including phenoxy) is 20. The van der Waals surface area contributed by atoms with Crippen molar-refractivity contribution in [3.05, 3.63) is 0 Å². The molecule has 0 spiro atoms. The zero-order valence-electron chi connectivity index (χ0n) is 71.6. The SMILES string of the molecule is CC(=O)N[C@H]1[C@H](OC[C@H]2O[C@@H](O[C@H]3[C@H](O)[C@@H](NC(C)=O)[C@H](O[C@H]4[C@@H](O)[C@@H](CO[C@@H]5O[C@H](CO)[C@@H](O[C@@H]6O[C@H](CO)[C@H](O)[C@H](O)[C@H]6O[C@@H]6O[C@@H](C)[C@@H](O)[C@@H](O)[C@@H]6O)[C@H](O)[C@H]5NC(C)=O)O[C@@H](O[C@@H]([C@H](O)[C@@H](O)CO)[C@H](O)CO)[C@@H]4O)O[C@@H]3CO)[C@H](O)[C@@H](O[C@@H]3O[C@H](CO)[C@@H](O[C@@H]4O[C@H](CO)[C@H](O)[C@H](O)[C@H]4O)[C@H](O)[C@H]3NC(C)=O)[C@H]2O)O[C@H](CO)[C@@H](O[C@@H]2O[C@H](CO)[C@H](O)[C@H](O)[C@H]2O)[C@@H]1O. The molecule has 0 aliphatic carbocycles. The molecule has 10 fully saturated rings. The Morgan fingerprint density at radius 2 is 0.519 bits per heavy atom. The van der Waals surface area contributed by atoms with Gasteiger partial charge in [-0.15, -0.1) is 0 Å². The van der Waals surface area contributed by atoms with Gasteiger partial charge < -0.3 is 274 Å². The maximum absolute atomic E-state index is 13.5. The van der Waals surface area contributed by atoms with Crippen molar-refractivity contribution in [2.24, 2.45) is 0 Å². The topological polar surface area (TPSA) is 928 Å². The summed E-state index contributed by atoms with van der Waals surface area (Å²) in [6.07, 6.45) is -105. The van der Waals surface area contributed by atoms with Crippen molar-refractivity contribution in [1.82, 2.24) is 21.3 Å². The van der Waals surface area contributed by atoms with Crippen LogP contribution < -0.4 is 21.3 Å². The van der Waals surface area contributed by atoms with Crippen LogP contribution in [-0.2, 0) is 114 Å². The Morgan fingerprint density at radius 3 is 0.865 bits per heavy atom. The van der Waals surface area contributed by atoms with Gasteiger partial charge in [0.15, 0.2) is 62.9 Å². The van der Waals surface area contributed by atoms with E-state index in [4.69, 9.17) is 94.7 Å². The van der Waals surface area contributed by atoms with Crippen LogP contribution in [0, 0.1) is 0 Å². The van der Waals surface area contributed by atoms with Crippen LogP contribution in [0.1, 0.15) is 34.6 Å². The summed E-state index contributed by atoms with van der Waals surface area (Å²) < 4.78 is 119. The standard InChI is InChI=1S/C74H126N4O55/c1-17-37(94)48(105)52(109)69(116-17)133-64-51(108)41(98)26(10-83)119-74(64)130-61-28(12-85)121-66(34(45(61)102)76-19(3)89)114-15-31-42(99)62(55(112)72(124-31)126-57(23(93)7-80)38(95)22(92)6-79)131-68-36(78-21(5)91)47(104)60(30(14-87)123-68)129-73-56(113)63(132-67-35(77-20(4)90)46(103)59(29(13-86)122-67)128-71-54(111)50(107)40(97)25(9-82)118-71)43(100)32(125-73)16-115-65-33(75-18(2)88)44(101)58(27(11-84)120-65)127-70-53(110)49(106)39(96)24(8-81)117-70/h17,22-74,79-87,92-113H,6-16H2,1-5H3,(H,75,88)(H,76,89)(H,77,90)(H,78,91)/t17-,22-,23+,24+,25+,26+,27+,28+,29+,30+,31+,32+,33+,34+,35+,36+,37+,38+,39-,40-,41-,42-,43-,44+,45+,46+,47+,48+,49-,50-,51-,52-,53+,54+,55+,56+,57+,58+,59+,60+,61+,62-,63-,64+,65+,66+,67-,68-,69-,70-,71-,72-,73-,74-/m0/s1. The van der Waals surface area contributed by atoms with Gasteiger partial charge in [0.2, 0.25) is 23.6 Å². The lowest BCUT2D eigenvalue weighted by Gasteiger charge is -2.51. The van der Waals surface area contributed by atoms with Crippen molar-refractivity contribution < 1.29 is 272 Å². The summed E-state index contributed by atoms with van der Waals surface area (Å²) in [5.41, 5.74) is 0. The van der Waals surface area contributed by atoms with Gasteiger partial charge in [0, 0.05) is 27.7 Å². The molecule has 0 saturated carbocycles. The fourth-order valence-corrected chi connectivity index (χ4v) is 16.9. The van der Waals surface area contributed by atoms with Crippen molar-refractivity contribution in [3.63, 3.8) is 0 Å². The van der Waals surface area contributed by atoms with Crippen molar-refractivity contribution in [2.45, 2.75) is 366 Å². The molecule has 59 heteroatoms. The zero-order valence-corrected chi connectivity index (χ0v) is 71.6. The van der Waals surface area contributed by atoms with E-state index in [0.29, 0.717) is 0 Å². The molecule has 0 aromatic carbocycles. The summed E-state index contributed by atoms with van der Waals surface area (Å²) in [7, 11) is 0. The Morgan fingerprint density at radius 1 is 0.256 bits per heavy atom. The molecule has 35 N–H and O–H groups in total. The molecule has 10 heterocycles. The molecule has 0 aromatic rings. The van der Waals surface area contributed by atoms with Crippen molar-refractivity contribution >= 4 is 23.6 Å². The van der Waals surface area contributed by atoms with Gasteiger partial charge in [0.1, 0.15) is 262 Å². The van der Waals surface area contributed by atoms with Gasteiger partial charge >= 0.3 is 0 Å². The van der Waals surface area contributed by atoms with Crippen LogP contribution in [-0.4, -0.2) is 586 Å². The molecule has 0 bridgehead atoms. The number of nitrogens with one attached hydrogen (secondary N) is 4. The maximum atomic E-state index is 13.5. The summed E-state index contributed by atoms with van der Waals surface area (Å²) in [6, 6.07) is -7.99. The van der Waals surface area contributed by atoms with Gasteiger partial charge in [-0.3, -0.25) is 19.2 Å². The van der Waals surface area contributed by atoms with Crippen molar-refractivity contribution in [1.29, 1.82) is 0 Å². The Labute approximate surface area is 753 Å². The van der Waals surface area contributed by atoms with Crippen LogP contribution in [0.3, 0.4) is 0 Å². The van der Waals surface area contributed by atoms with Gasteiger partial charge in [-0.05, 0) is 6.92 Å². The third kappa shape index (κ3) is 25.1. The van der Waals surface area contributed by atoms with E-state index in [1.165, 1.54) is 6.92 Å². The van der Waals surface area contributed by atoms with E-state index >= 15 is 0 Å². The predicted molar refractivity (Wildman–Crippen MR) is 410 cm³/mol. The number of rotatable bonds is 38. The van der Waals surface area contributed by atoms with Crippen LogP contribution in [0.25, 0.3) is 0 Å². The summed E-state index contributed by atoms with van der Waals surface area (Å²) in [5, 5.41) is 353. The number of hydrogen-bond donors (Lipinski definition) is 35. The largest absolute Gasteiger partial charge is 0.394 e. The Bertz CT molecular complexity index is 3580. The van der Waals surface area contributed by atoms with E-state index in [-0.39, 0.29) is 0 Å². The highest BCUT2D eigenvalue weighted by atomic mass is 16.8. The smallest absolute Gasteiger partial charge is 0.217 e. The van der Waals surface area contributed by atoms with E-state index in [2.05, 4.69) is 21.3 Å². The molecule has 54 atom stereocenters. The Hall–Kier alpha value is -4.16. The second-order valence-electron chi connectivity index (χ2n) is 33.6. The molecule has 0 unspecified atom stereocenters. The van der Waals surface area contributed by atoms with Crippen LogP contribution in [0.5, 0.6) is 0 Å². The lowest BCUT2D eigenvalue weighted by Crippen LogP contribution is -2.71. The molecule has 0 aromatic heterocycles. The second kappa shape index (κ2) is 49.0. The van der Waals surface area contributed by atoms with E-state index < -0.39 is 428 Å². The molecular weight excluding hydrogens is 1820 g/mol. The first-order chi connectivity index (χ1) is 62.9. The predicted octanol–water partition coefficient (Wildman–Crippen LogP) is -23.7. The van der Waals surface area contributed by atoms with Gasteiger partial charge in [0.05, 0.1) is 78.8 Å². The maximum Gasteiger partial charge on any atom is 0.217 e. The molecule has 772 valence electrons. The number of carbonyl (C=O) groups excluding carboxylic acids is 4. The number of amides is 4. The monoisotopic (exact) mass is 1950 g/mol. The molecule has 133 heavy (non-hydrogen) atoms. The van der Waals surface area contributed by atoms with E-state index in [9.17, 15) is 177 Å². The zero-order chi connectivity index (χ0) is 98.2. The lowest BCUT2D eigenvalue weighted by molar-refractivity contribution is -0.389. The molecular formula is C74H126N4O55. The minimum atomic E-state index is -2.58. The molecule has 10 rings (SSSR count). The van der Waals surface area contributed by atoms with E-state index in [0.717, 1.165) is 27.7 Å². The summed E-state index contributed by atoms with van der Waals surface area (Å²) in [6.45, 7) is -7.82. The van der Waals surface area contributed by atoms with Gasteiger partial charge in [-0.1, -0.05) is 0 Å². The quantitative estimate of drug-likeness (QED) is 0.0273. The molecule has 4 amide bonds. The van der Waals surface area contributed by atoms with Crippen LogP contribution in [0.15, 0.2) is 0 Å². The molecule has 10 saturated heterocycles. The summed E-state index contributed by atoms with van der Waals surface area (Å²) >= 11 is 0. The highest BCUT2D eigenvalue weighted by Crippen LogP contribution is 2.41. The van der Waals surface area contributed by atoms with Gasteiger partial charge in [0.25, 0.3) is 0 Å². The first kappa shape index (κ1) is 111. The first-order valence-electron chi connectivity index (χ1n) is 42.4. The number of hydrogen-bond acceptors (Lipinski definition) is 55. The Balaban J connectivity index is 0.952. The molecule has 10 aliphatic heterocycles. The summed E-state index contributed by atoms with van der Waals surface area (Å²) in [5.74, 6) is -3.98.